The Morgan fingerprint density at radius 2 is 2.15 bits per heavy atom. The van der Waals surface area contributed by atoms with Crippen LogP contribution in [0.25, 0.3) is 0 Å². The average Bonchev–Trinajstić information content (AvgIpc) is 2.45. The number of rotatable bonds is 3. The van der Waals surface area contributed by atoms with Gasteiger partial charge in [0.05, 0.1) is 12.5 Å². The average molecular weight is 276 g/mol. The van der Waals surface area contributed by atoms with Crippen molar-refractivity contribution in [3.8, 4) is 0 Å². The Labute approximate surface area is 118 Å². The summed E-state index contributed by atoms with van der Waals surface area (Å²) in [6, 6.07) is 3.64. The number of ether oxygens (including phenoxy) is 1. The molecule has 1 aromatic heterocycles. The van der Waals surface area contributed by atoms with E-state index >= 15 is 0 Å². The molecule has 1 atom stereocenters. The smallest absolute Gasteiger partial charge is 0.309 e. The first-order valence-corrected chi connectivity index (χ1v) is 6.90. The van der Waals surface area contributed by atoms with Crippen molar-refractivity contribution < 1.29 is 14.3 Å². The molecule has 0 aromatic carbocycles. The van der Waals surface area contributed by atoms with Gasteiger partial charge < -0.3 is 9.64 Å². The molecule has 20 heavy (non-hydrogen) atoms. The first-order valence-electron chi connectivity index (χ1n) is 6.90. The van der Waals surface area contributed by atoms with Crippen molar-refractivity contribution in [3.05, 3.63) is 29.1 Å². The molecule has 1 unspecified atom stereocenters. The highest BCUT2D eigenvalue weighted by molar-refractivity contribution is 5.92. The third kappa shape index (κ3) is 2.98. The third-order valence-electron chi connectivity index (χ3n) is 3.51. The van der Waals surface area contributed by atoms with Crippen LogP contribution in [0.4, 0.5) is 0 Å². The van der Waals surface area contributed by atoms with E-state index in [0.29, 0.717) is 25.1 Å². The summed E-state index contributed by atoms with van der Waals surface area (Å²) in [5.74, 6) is -0.313. The van der Waals surface area contributed by atoms with Gasteiger partial charge in [0.15, 0.2) is 0 Å². The van der Waals surface area contributed by atoms with E-state index in [-0.39, 0.29) is 17.8 Å². The quantitative estimate of drug-likeness (QED) is 0.784. The maximum atomic E-state index is 11.9. The van der Waals surface area contributed by atoms with E-state index in [1.807, 2.05) is 13.0 Å². The minimum atomic E-state index is -0.133. The highest BCUT2D eigenvalue weighted by atomic mass is 16.5. The predicted octanol–water partition coefficient (Wildman–Crippen LogP) is 1.45. The molecule has 0 N–H and O–H groups in total. The van der Waals surface area contributed by atoms with Crippen LogP contribution in [0.15, 0.2) is 12.1 Å². The van der Waals surface area contributed by atoms with E-state index in [9.17, 15) is 9.59 Å². The number of esters is 1. The lowest BCUT2D eigenvalue weighted by Gasteiger charge is -2.23. The number of carbonyl (C=O) groups excluding carboxylic acids is 2. The lowest BCUT2D eigenvalue weighted by Crippen LogP contribution is -2.27. The molecule has 1 aliphatic carbocycles. The highest BCUT2D eigenvalue weighted by Gasteiger charge is 2.27. The van der Waals surface area contributed by atoms with Gasteiger partial charge in [-0.2, -0.15) is 0 Å². The summed E-state index contributed by atoms with van der Waals surface area (Å²) >= 11 is 0. The second kappa shape index (κ2) is 6.03. The van der Waals surface area contributed by atoms with Crippen molar-refractivity contribution in [1.82, 2.24) is 9.88 Å². The number of carbonyl (C=O) groups is 2. The largest absolute Gasteiger partial charge is 0.466 e. The van der Waals surface area contributed by atoms with E-state index in [2.05, 4.69) is 4.98 Å². The van der Waals surface area contributed by atoms with Crippen LogP contribution < -0.4 is 0 Å². The van der Waals surface area contributed by atoms with Gasteiger partial charge in [-0.25, -0.2) is 4.98 Å². The number of fused-ring (bicyclic) bond motifs is 1. The molecule has 0 aliphatic heterocycles. The van der Waals surface area contributed by atoms with Gasteiger partial charge in [0, 0.05) is 19.8 Å². The summed E-state index contributed by atoms with van der Waals surface area (Å²) < 4.78 is 5.07. The Kier molecular flexibility index (Phi) is 4.37. The van der Waals surface area contributed by atoms with E-state index in [0.717, 1.165) is 17.7 Å². The zero-order valence-electron chi connectivity index (χ0n) is 12.2. The van der Waals surface area contributed by atoms with Gasteiger partial charge in [-0.1, -0.05) is 6.07 Å². The zero-order valence-corrected chi connectivity index (χ0v) is 12.2. The molecular weight excluding hydrogens is 256 g/mol. The predicted molar refractivity (Wildman–Crippen MR) is 74.4 cm³/mol. The Morgan fingerprint density at radius 3 is 2.80 bits per heavy atom. The fourth-order valence-corrected chi connectivity index (χ4v) is 2.42. The van der Waals surface area contributed by atoms with Crippen LogP contribution >= 0.6 is 0 Å². The summed E-state index contributed by atoms with van der Waals surface area (Å²) in [5.41, 5.74) is 2.44. The number of nitrogens with zero attached hydrogens (tertiary/aromatic N) is 2. The second-order valence-electron chi connectivity index (χ2n) is 5.19. The zero-order chi connectivity index (χ0) is 14.7. The van der Waals surface area contributed by atoms with Gasteiger partial charge in [-0.3, -0.25) is 9.59 Å². The Morgan fingerprint density at radius 1 is 1.40 bits per heavy atom. The summed E-state index contributed by atoms with van der Waals surface area (Å²) in [6.45, 7) is 2.23. The number of amides is 1. The van der Waals surface area contributed by atoms with Crippen LogP contribution in [-0.2, 0) is 22.4 Å². The van der Waals surface area contributed by atoms with Gasteiger partial charge >= 0.3 is 5.97 Å². The first kappa shape index (κ1) is 14.5. The van der Waals surface area contributed by atoms with E-state index < -0.39 is 0 Å². The van der Waals surface area contributed by atoms with Crippen LogP contribution in [0.1, 0.15) is 35.1 Å². The van der Waals surface area contributed by atoms with Crippen molar-refractivity contribution in [3.63, 3.8) is 0 Å². The molecular formula is C15H20N2O3. The van der Waals surface area contributed by atoms with Crippen molar-refractivity contribution >= 4 is 11.9 Å². The molecule has 108 valence electrons. The SMILES string of the molecule is CCOC(=O)C1CCc2nc(C(=O)N(C)C)ccc2C1. The van der Waals surface area contributed by atoms with Crippen LogP contribution in [0.3, 0.4) is 0 Å². The number of aryl methyl sites for hydroxylation is 1. The molecule has 1 heterocycles. The normalized spacial score (nSPS) is 17.2. The molecule has 5 nitrogen and oxygen atoms in total. The van der Waals surface area contributed by atoms with Crippen LogP contribution in [0.2, 0.25) is 0 Å². The van der Waals surface area contributed by atoms with Crippen LogP contribution in [0.5, 0.6) is 0 Å². The topological polar surface area (TPSA) is 59.5 Å². The molecule has 0 spiro atoms. The first-order chi connectivity index (χ1) is 9.52. The fourth-order valence-electron chi connectivity index (χ4n) is 2.42. The number of aromatic nitrogens is 1. The maximum absolute atomic E-state index is 11.9. The summed E-state index contributed by atoms with van der Waals surface area (Å²) in [5, 5.41) is 0. The summed E-state index contributed by atoms with van der Waals surface area (Å²) in [6.07, 6.45) is 2.10. The number of hydrogen-bond donors (Lipinski definition) is 0. The summed E-state index contributed by atoms with van der Waals surface area (Å²) in [7, 11) is 3.42. The molecule has 5 heteroatoms. The minimum Gasteiger partial charge on any atom is -0.466 e. The van der Waals surface area contributed by atoms with Crippen molar-refractivity contribution in [2.45, 2.75) is 26.2 Å². The van der Waals surface area contributed by atoms with Gasteiger partial charge in [0.25, 0.3) is 5.91 Å². The van der Waals surface area contributed by atoms with Crippen LogP contribution in [-0.4, -0.2) is 42.5 Å². The maximum Gasteiger partial charge on any atom is 0.309 e. The lowest BCUT2D eigenvalue weighted by atomic mass is 9.86. The highest BCUT2D eigenvalue weighted by Crippen LogP contribution is 2.25. The van der Waals surface area contributed by atoms with Crippen LogP contribution in [0, 0.1) is 5.92 Å². The third-order valence-corrected chi connectivity index (χ3v) is 3.51. The van der Waals surface area contributed by atoms with Crippen molar-refractivity contribution in [2.24, 2.45) is 5.92 Å². The fraction of sp³-hybridized carbons (Fsp3) is 0.533. The molecule has 0 radical (unpaired) electrons. The number of hydrogen-bond acceptors (Lipinski definition) is 4. The summed E-state index contributed by atoms with van der Waals surface area (Å²) in [4.78, 5) is 29.6. The molecule has 1 aliphatic rings. The van der Waals surface area contributed by atoms with E-state index in [1.54, 1.807) is 20.2 Å². The molecule has 0 saturated carbocycles. The molecule has 1 aromatic rings. The number of pyridine rings is 1. The molecule has 1 amide bonds. The Bertz CT molecular complexity index is 526. The monoisotopic (exact) mass is 276 g/mol. The Balaban J connectivity index is 2.15. The molecule has 0 fully saturated rings. The van der Waals surface area contributed by atoms with Gasteiger partial charge in [0.1, 0.15) is 5.69 Å². The van der Waals surface area contributed by atoms with Gasteiger partial charge in [-0.15, -0.1) is 0 Å². The minimum absolute atomic E-state index is 0.0837. The van der Waals surface area contributed by atoms with Gasteiger partial charge in [0.2, 0.25) is 0 Å². The Hall–Kier alpha value is -1.91. The van der Waals surface area contributed by atoms with Crippen molar-refractivity contribution in [2.75, 3.05) is 20.7 Å². The van der Waals surface area contributed by atoms with E-state index in [1.165, 1.54) is 4.90 Å². The van der Waals surface area contributed by atoms with E-state index in [4.69, 9.17) is 4.74 Å². The molecule has 0 bridgehead atoms. The molecule has 2 rings (SSSR count). The van der Waals surface area contributed by atoms with Gasteiger partial charge in [-0.05, 0) is 37.8 Å². The second-order valence-corrected chi connectivity index (χ2v) is 5.19. The molecule has 0 saturated heterocycles. The van der Waals surface area contributed by atoms with Crippen molar-refractivity contribution in [1.29, 1.82) is 0 Å². The lowest BCUT2D eigenvalue weighted by molar-refractivity contribution is -0.148. The standard InChI is InChI=1S/C15H20N2O3/c1-4-20-15(19)11-6-7-12-10(9-11)5-8-13(16-12)14(18)17(2)3/h5,8,11H,4,6-7,9H2,1-3H3.